The molecule has 1 aliphatic rings. The minimum absolute atomic E-state index is 0.104. The third kappa shape index (κ3) is 4.53. The third-order valence-electron chi connectivity index (χ3n) is 4.20. The Bertz CT molecular complexity index is 767. The predicted octanol–water partition coefficient (Wildman–Crippen LogP) is 1.24. The Balaban J connectivity index is 2.06. The molecular weight excluding hydrogens is 362 g/mol. The molecule has 0 aliphatic carbocycles. The smallest absolute Gasteiger partial charge is 0.309 e. The number of carbonyl (C=O) groups excluding carboxylic acids is 2. The number of piperidine rings is 1. The van der Waals surface area contributed by atoms with Gasteiger partial charge in [-0.2, -0.15) is 4.31 Å². The van der Waals surface area contributed by atoms with Gasteiger partial charge in [-0.3, -0.25) is 9.59 Å². The Hall–Kier alpha value is -2.13. The minimum atomic E-state index is -3.70. The Labute approximate surface area is 153 Å². The van der Waals surface area contributed by atoms with E-state index in [0.29, 0.717) is 24.3 Å². The number of nitrogens with zero attached hydrogens (tertiary/aromatic N) is 1. The summed E-state index contributed by atoms with van der Waals surface area (Å²) in [6, 6.07) is 4.42. The Morgan fingerprint density at radius 2 is 1.73 bits per heavy atom. The van der Waals surface area contributed by atoms with Crippen LogP contribution in [0.25, 0.3) is 0 Å². The topological polar surface area (TPSA) is 99.2 Å². The van der Waals surface area contributed by atoms with Gasteiger partial charge in [0.25, 0.3) is 0 Å². The summed E-state index contributed by atoms with van der Waals surface area (Å²) >= 11 is 0. The number of ketones is 1. The molecule has 2 rings (SSSR count). The summed E-state index contributed by atoms with van der Waals surface area (Å²) in [4.78, 5) is 22.9. The Kier molecular flexibility index (Phi) is 6.60. The zero-order valence-corrected chi connectivity index (χ0v) is 15.9. The maximum absolute atomic E-state index is 12.8. The standard InChI is InChI=1S/C17H23NO7S/c1-12(19)11-25-17(20)13-6-8-18(9-7-13)26(21,22)14-4-5-15(23-2)16(10-14)24-3/h4-5,10,13H,6-9,11H2,1-3H3. The van der Waals surface area contributed by atoms with E-state index >= 15 is 0 Å². The van der Waals surface area contributed by atoms with E-state index < -0.39 is 21.9 Å². The van der Waals surface area contributed by atoms with Crippen molar-refractivity contribution in [3.8, 4) is 11.5 Å². The second kappa shape index (κ2) is 8.50. The van der Waals surface area contributed by atoms with Crippen molar-refractivity contribution in [2.24, 2.45) is 5.92 Å². The SMILES string of the molecule is COc1ccc(S(=O)(=O)N2CCC(C(=O)OCC(C)=O)CC2)cc1OC. The molecule has 0 aromatic heterocycles. The second-order valence-corrected chi connectivity index (χ2v) is 7.94. The van der Waals surface area contributed by atoms with Gasteiger partial charge in [-0.15, -0.1) is 0 Å². The summed E-state index contributed by atoms with van der Waals surface area (Å²) in [5, 5.41) is 0. The number of ether oxygens (including phenoxy) is 3. The number of carbonyl (C=O) groups is 2. The molecule has 0 saturated carbocycles. The van der Waals surface area contributed by atoms with Crippen LogP contribution in [-0.2, 0) is 24.3 Å². The van der Waals surface area contributed by atoms with E-state index in [2.05, 4.69) is 0 Å². The molecule has 1 aromatic rings. The molecule has 0 bridgehead atoms. The molecule has 0 atom stereocenters. The lowest BCUT2D eigenvalue weighted by atomic mass is 9.98. The van der Waals surface area contributed by atoms with Crippen molar-refractivity contribution in [1.82, 2.24) is 4.31 Å². The van der Waals surface area contributed by atoms with Crippen LogP contribution in [0.4, 0.5) is 0 Å². The van der Waals surface area contributed by atoms with Crippen LogP contribution in [0.2, 0.25) is 0 Å². The number of rotatable bonds is 7. The van der Waals surface area contributed by atoms with Crippen LogP contribution < -0.4 is 9.47 Å². The molecule has 0 amide bonds. The lowest BCUT2D eigenvalue weighted by Crippen LogP contribution is -2.40. The first-order valence-electron chi connectivity index (χ1n) is 8.18. The number of methoxy groups -OCH3 is 2. The van der Waals surface area contributed by atoms with E-state index in [0.717, 1.165) is 0 Å². The fourth-order valence-corrected chi connectivity index (χ4v) is 4.23. The largest absolute Gasteiger partial charge is 0.493 e. The number of benzene rings is 1. The predicted molar refractivity (Wildman–Crippen MR) is 92.7 cm³/mol. The molecule has 144 valence electrons. The Morgan fingerprint density at radius 3 is 2.27 bits per heavy atom. The molecule has 8 nitrogen and oxygen atoms in total. The number of sulfonamides is 1. The zero-order chi connectivity index (χ0) is 19.3. The lowest BCUT2D eigenvalue weighted by molar-refractivity contribution is -0.152. The van der Waals surface area contributed by atoms with Crippen molar-refractivity contribution in [2.45, 2.75) is 24.7 Å². The van der Waals surface area contributed by atoms with Gasteiger partial charge < -0.3 is 14.2 Å². The fraction of sp³-hybridized carbons (Fsp3) is 0.529. The van der Waals surface area contributed by atoms with Gasteiger partial charge in [0.2, 0.25) is 10.0 Å². The van der Waals surface area contributed by atoms with Crippen LogP contribution in [0.15, 0.2) is 23.1 Å². The molecule has 1 fully saturated rings. The van der Waals surface area contributed by atoms with Crippen molar-refractivity contribution in [1.29, 1.82) is 0 Å². The highest BCUT2D eigenvalue weighted by Crippen LogP contribution is 2.32. The molecule has 0 radical (unpaired) electrons. The molecule has 1 heterocycles. The minimum Gasteiger partial charge on any atom is -0.493 e. The van der Waals surface area contributed by atoms with E-state index in [4.69, 9.17) is 14.2 Å². The maximum Gasteiger partial charge on any atom is 0.309 e. The van der Waals surface area contributed by atoms with E-state index in [-0.39, 0.29) is 30.4 Å². The first-order chi connectivity index (χ1) is 12.3. The molecule has 26 heavy (non-hydrogen) atoms. The summed E-state index contributed by atoms with van der Waals surface area (Å²) in [5.41, 5.74) is 0. The number of esters is 1. The molecule has 1 saturated heterocycles. The molecule has 0 unspecified atom stereocenters. The summed E-state index contributed by atoms with van der Waals surface area (Å²) in [6.07, 6.45) is 0.701. The van der Waals surface area contributed by atoms with E-state index in [1.54, 1.807) is 0 Å². The first kappa shape index (κ1) is 20.2. The van der Waals surface area contributed by atoms with Crippen LogP contribution in [0, 0.1) is 5.92 Å². The van der Waals surface area contributed by atoms with E-state index in [9.17, 15) is 18.0 Å². The monoisotopic (exact) mass is 385 g/mol. The summed E-state index contributed by atoms with van der Waals surface area (Å²) in [7, 11) is -0.792. The van der Waals surface area contributed by atoms with Crippen molar-refractivity contribution in [3.05, 3.63) is 18.2 Å². The summed E-state index contributed by atoms with van der Waals surface area (Å²) in [5.74, 6) is -0.309. The first-order valence-corrected chi connectivity index (χ1v) is 9.62. The van der Waals surface area contributed by atoms with Crippen molar-refractivity contribution >= 4 is 21.8 Å². The third-order valence-corrected chi connectivity index (χ3v) is 6.09. The zero-order valence-electron chi connectivity index (χ0n) is 15.1. The molecule has 0 spiro atoms. The molecule has 9 heteroatoms. The van der Waals surface area contributed by atoms with Crippen LogP contribution in [-0.4, -0.2) is 58.4 Å². The number of Topliss-reactive ketones (excluding diaryl/α,β-unsaturated/α-hetero) is 1. The van der Waals surface area contributed by atoms with Crippen LogP contribution in [0.1, 0.15) is 19.8 Å². The van der Waals surface area contributed by atoms with Gasteiger partial charge in [0.15, 0.2) is 17.3 Å². The summed E-state index contributed by atoms with van der Waals surface area (Å²) in [6.45, 7) is 1.50. The molecule has 0 N–H and O–H groups in total. The van der Waals surface area contributed by atoms with Crippen LogP contribution in [0.5, 0.6) is 11.5 Å². The van der Waals surface area contributed by atoms with Gasteiger partial charge in [-0.05, 0) is 31.9 Å². The lowest BCUT2D eigenvalue weighted by Gasteiger charge is -2.30. The summed E-state index contributed by atoms with van der Waals surface area (Å²) < 4.78 is 42.2. The van der Waals surface area contributed by atoms with Gasteiger partial charge >= 0.3 is 5.97 Å². The van der Waals surface area contributed by atoms with E-state index in [1.807, 2.05) is 0 Å². The van der Waals surface area contributed by atoms with Crippen molar-refractivity contribution in [3.63, 3.8) is 0 Å². The average Bonchev–Trinajstić information content (AvgIpc) is 2.65. The van der Waals surface area contributed by atoms with Gasteiger partial charge in [-0.1, -0.05) is 0 Å². The van der Waals surface area contributed by atoms with Gasteiger partial charge in [0, 0.05) is 19.2 Å². The van der Waals surface area contributed by atoms with Gasteiger partial charge in [0.05, 0.1) is 25.0 Å². The molecule has 1 aromatic carbocycles. The fourth-order valence-electron chi connectivity index (χ4n) is 2.75. The molecular formula is C17H23NO7S. The number of hydrogen-bond acceptors (Lipinski definition) is 7. The van der Waals surface area contributed by atoms with Crippen molar-refractivity contribution < 1.29 is 32.2 Å². The Morgan fingerprint density at radius 1 is 1.12 bits per heavy atom. The quantitative estimate of drug-likeness (QED) is 0.651. The van der Waals surface area contributed by atoms with Gasteiger partial charge in [-0.25, -0.2) is 8.42 Å². The second-order valence-electron chi connectivity index (χ2n) is 6.00. The number of hydrogen-bond donors (Lipinski definition) is 0. The average molecular weight is 385 g/mol. The van der Waals surface area contributed by atoms with Crippen molar-refractivity contribution in [2.75, 3.05) is 33.9 Å². The normalized spacial score (nSPS) is 16.1. The van der Waals surface area contributed by atoms with Gasteiger partial charge in [0.1, 0.15) is 6.61 Å². The highest BCUT2D eigenvalue weighted by atomic mass is 32.2. The highest BCUT2D eigenvalue weighted by molar-refractivity contribution is 7.89. The highest BCUT2D eigenvalue weighted by Gasteiger charge is 2.33. The molecule has 1 aliphatic heterocycles. The maximum atomic E-state index is 12.8. The van der Waals surface area contributed by atoms with Crippen LogP contribution >= 0.6 is 0 Å². The van der Waals surface area contributed by atoms with E-state index in [1.165, 1.54) is 43.6 Å². The van der Waals surface area contributed by atoms with Crippen LogP contribution in [0.3, 0.4) is 0 Å².